The average molecular weight is 397 g/mol. The highest BCUT2D eigenvalue weighted by molar-refractivity contribution is 7.99. The van der Waals surface area contributed by atoms with Crippen molar-refractivity contribution in [2.45, 2.75) is 37.9 Å². The molecule has 1 heterocycles. The summed E-state index contributed by atoms with van der Waals surface area (Å²) < 4.78 is 6.73. The molecule has 28 heavy (non-hydrogen) atoms. The van der Waals surface area contributed by atoms with E-state index in [0.717, 1.165) is 5.56 Å². The SMILES string of the molecule is CCOC(=O)CCCSc1nc2ccccc2c(=O)n1[C@@H](C)c1ccccc1. The van der Waals surface area contributed by atoms with Crippen LogP contribution in [0.25, 0.3) is 10.9 Å². The Morgan fingerprint density at radius 3 is 2.61 bits per heavy atom. The zero-order valence-electron chi connectivity index (χ0n) is 16.1. The van der Waals surface area contributed by atoms with Gasteiger partial charge in [0.1, 0.15) is 0 Å². The van der Waals surface area contributed by atoms with E-state index >= 15 is 0 Å². The van der Waals surface area contributed by atoms with Crippen LogP contribution >= 0.6 is 11.8 Å². The highest BCUT2D eigenvalue weighted by atomic mass is 32.2. The van der Waals surface area contributed by atoms with E-state index in [1.807, 2.05) is 61.5 Å². The molecule has 3 aromatic rings. The topological polar surface area (TPSA) is 61.2 Å². The molecule has 2 aromatic carbocycles. The number of ether oxygens (including phenoxy) is 1. The van der Waals surface area contributed by atoms with Gasteiger partial charge in [-0.3, -0.25) is 14.2 Å². The van der Waals surface area contributed by atoms with Gasteiger partial charge in [0.2, 0.25) is 0 Å². The van der Waals surface area contributed by atoms with Crippen LogP contribution in [0, 0.1) is 0 Å². The first-order valence-electron chi connectivity index (χ1n) is 9.46. The van der Waals surface area contributed by atoms with Crippen LogP contribution in [0.2, 0.25) is 0 Å². The third-order valence-electron chi connectivity index (χ3n) is 4.51. The minimum Gasteiger partial charge on any atom is -0.466 e. The molecule has 1 aromatic heterocycles. The van der Waals surface area contributed by atoms with E-state index in [2.05, 4.69) is 0 Å². The summed E-state index contributed by atoms with van der Waals surface area (Å²) in [5.41, 5.74) is 1.70. The first kappa shape index (κ1) is 20.1. The molecule has 146 valence electrons. The third kappa shape index (κ3) is 4.62. The number of benzene rings is 2. The lowest BCUT2D eigenvalue weighted by molar-refractivity contribution is -0.143. The average Bonchev–Trinajstić information content (AvgIpc) is 2.72. The molecule has 0 fully saturated rings. The molecule has 5 nitrogen and oxygen atoms in total. The second-order valence-electron chi connectivity index (χ2n) is 6.43. The predicted octanol–water partition coefficient (Wildman–Crippen LogP) is 4.44. The lowest BCUT2D eigenvalue weighted by atomic mass is 10.1. The van der Waals surface area contributed by atoms with Crippen molar-refractivity contribution in [2.24, 2.45) is 0 Å². The molecule has 0 N–H and O–H groups in total. The molecule has 0 aliphatic carbocycles. The van der Waals surface area contributed by atoms with Crippen molar-refractivity contribution in [1.29, 1.82) is 0 Å². The van der Waals surface area contributed by atoms with Gasteiger partial charge in [-0.15, -0.1) is 0 Å². The van der Waals surface area contributed by atoms with Gasteiger partial charge in [-0.2, -0.15) is 0 Å². The minimum atomic E-state index is -0.190. The normalized spacial score (nSPS) is 12.1. The monoisotopic (exact) mass is 396 g/mol. The summed E-state index contributed by atoms with van der Waals surface area (Å²) in [7, 11) is 0. The molecule has 3 rings (SSSR count). The maximum atomic E-state index is 13.2. The number of nitrogens with zero attached hydrogens (tertiary/aromatic N) is 2. The minimum absolute atomic E-state index is 0.0464. The molecule has 0 saturated heterocycles. The van der Waals surface area contributed by atoms with Crippen LogP contribution in [0.4, 0.5) is 0 Å². The van der Waals surface area contributed by atoms with Gasteiger partial charge < -0.3 is 4.74 Å². The Kier molecular flexibility index (Phi) is 6.87. The number of aromatic nitrogens is 2. The zero-order chi connectivity index (χ0) is 19.9. The fourth-order valence-electron chi connectivity index (χ4n) is 3.06. The maximum absolute atomic E-state index is 13.2. The molecule has 0 aliphatic rings. The molecule has 1 atom stereocenters. The van der Waals surface area contributed by atoms with Crippen LogP contribution in [0.5, 0.6) is 0 Å². The van der Waals surface area contributed by atoms with Crippen LogP contribution in [0.15, 0.2) is 64.5 Å². The van der Waals surface area contributed by atoms with E-state index < -0.39 is 0 Å². The first-order chi connectivity index (χ1) is 13.6. The fourth-order valence-corrected chi connectivity index (χ4v) is 4.08. The Hall–Kier alpha value is -2.60. The summed E-state index contributed by atoms with van der Waals surface area (Å²) in [6.45, 7) is 4.21. The number of rotatable bonds is 8. The fraction of sp³-hybridized carbons (Fsp3) is 0.318. The number of carbonyl (C=O) groups excluding carboxylic acids is 1. The quantitative estimate of drug-likeness (QED) is 0.244. The lowest BCUT2D eigenvalue weighted by Gasteiger charge is -2.20. The highest BCUT2D eigenvalue weighted by Crippen LogP contribution is 2.25. The Morgan fingerprint density at radius 1 is 1.14 bits per heavy atom. The molecular formula is C22H24N2O3S. The lowest BCUT2D eigenvalue weighted by Crippen LogP contribution is -2.27. The number of fused-ring (bicyclic) bond motifs is 1. The summed E-state index contributed by atoms with van der Waals surface area (Å²) >= 11 is 1.50. The summed E-state index contributed by atoms with van der Waals surface area (Å²) in [5.74, 6) is 0.495. The molecule has 0 spiro atoms. The summed E-state index contributed by atoms with van der Waals surface area (Å²) in [6, 6.07) is 17.2. The van der Waals surface area contributed by atoms with E-state index in [1.54, 1.807) is 11.5 Å². The molecule has 0 saturated carbocycles. The summed E-state index contributed by atoms with van der Waals surface area (Å²) in [6.07, 6.45) is 1.04. The molecule has 0 unspecified atom stereocenters. The van der Waals surface area contributed by atoms with Crippen LogP contribution in [0.3, 0.4) is 0 Å². The molecule has 6 heteroatoms. The van der Waals surface area contributed by atoms with Crippen molar-refractivity contribution in [3.05, 3.63) is 70.5 Å². The van der Waals surface area contributed by atoms with Gasteiger partial charge in [-0.25, -0.2) is 4.98 Å². The van der Waals surface area contributed by atoms with Gasteiger partial charge in [0, 0.05) is 12.2 Å². The van der Waals surface area contributed by atoms with Gasteiger partial charge in [0.25, 0.3) is 5.56 Å². The molecule has 0 bridgehead atoms. The maximum Gasteiger partial charge on any atom is 0.305 e. The molecule has 0 radical (unpaired) electrons. The molecule has 0 amide bonds. The number of hydrogen-bond acceptors (Lipinski definition) is 5. The molecular weight excluding hydrogens is 372 g/mol. The van der Waals surface area contributed by atoms with E-state index in [0.29, 0.717) is 41.3 Å². The van der Waals surface area contributed by atoms with Crippen molar-refractivity contribution >= 4 is 28.6 Å². The van der Waals surface area contributed by atoms with Gasteiger partial charge in [-0.05, 0) is 38.0 Å². The van der Waals surface area contributed by atoms with E-state index in [1.165, 1.54) is 11.8 Å². The number of carbonyl (C=O) groups is 1. The van der Waals surface area contributed by atoms with Gasteiger partial charge >= 0.3 is 5.97 Å². The number of thioether (sulfide) groups is 1. The molecule has 0 aliphatic heterocycles. The van der Waals surface area contributed by atoms with Crippen molar-refractivity contribution in [3.8, 4) is 0 Å². The van der Waals surface area contributed by atoms with Crippen LogP contribution in [-0.2, 0) is 9.53 Å². The Bertz CT molecular complexity index is 1000. The summed E-state index contributed by atoms with van der Waals surface area (Å²) in [5, 5.41) is 1.28. The standard InChI is InChI=1S/C22H24N2O3S/c1-3-27-20(25)14-9-15-28-22-23-19-13-8-7-12-18(19)21(26)24(22)16(2)17-10-5-4-6-11-17/h4-8,10-13,16H,3,9,14-15H2,1-2H3/t16-/m0/s1. The smallest absolute Gasteiger partial charge is 0.305 e. The van der Waals surface area contributed by atoms with Crippen LogP contribution < -0.4 is 5.56 Å². The predicted molar refractivity (Wildman–Crippen MR) is 113 cm³/mol. The summed E-state index contributed by atoms with van der Waals surface area (Å²) in [4.78, 5) is 29.5. The second-order valence-corrected chi connectivity index (χ2v) is 7.49. The number of para-hydroxylation sites is 1. The van der Waals surface area contributed by atoms with Crippen LogP contribution in [-0.4, -0.2) is 27.9 Å². The van der Waals surface area contributed by atoms with Crippen molar-refractivity contribution in [3.63, 3.8) is 0 Å². The zero-order valence-corrected chi connectivity index (χ0v) is 16.9. The third-order valence-corrected chi connectivity index (χ3v) is 5.55. The Labute approximate surface area is 168 Å². The number of hydrogen-bond donors (Lipinski definition) is 0. The van der Waals surface area contributed by atoms with Crippen molar-refractivity contribution < 1.29 is 9.53 Å². The first-order valence-corrected chi connectivity index (χ1v) is 10.4. The van der Waals surface area contributed by atoms with E-state index in [4.69, 9.17) is 9.72 Å². The Morgan fingerprint density at radius 2 is 1.86 bits per heavy atom. The van der Waals surface area contributed by atoms with Gasteiger partial charge in [0.15, 0.2) is 5.16 Å². The van der Waals surface area contributed by atoms with E-state index in [-0.39, 0.29) is 17.6 Å². The van der Waals surface area contributed by atoms with Crippen LogP contribution in [0.1, 0.15) is 38.3 Å². The number of esters is 1. The van der Waals surface area contributed by atoms with E-state index in [9.17, 15) is 9.59 Å². The van der Waals surface area contributed by atoms with Gasteiger partial charge in [0.05, 0.1) is 23.6 Å². The second kappa shape index (κ2) is 9.55. The Balaban J connectivity index is 1.91. The van der Waals surface area contributed by atoms with Crippen molar-refractivity contribution in [2.75, 3.05) is 12.4 Å². The van der Waals surface area contributed by atoms with Gasteiger partial charge in [-0.1, -0.05) is 54.2 Å². The van der Waals surface area contributed by atoms with Crippen molar-refractivity contribution in [1.82, 2.24) is 9.55 Å². The largest absolute Gasteiger partial charge is 0.466 e. The highest BCUT2D eigenvalue weighted by Gasteiger charge is 2.18.